The van der Waals surface area contributed by atoms with Crippen LogP contribution in [-0.2, 0) is 24.7 Å². The van der Waals surface area contributed by atoms with Crippen LogP contribution in [-0.4, -0.2) is 6.71 Å². The molecule has 22 heavy (non-hydrogen) atoms. The first-order valence-corrected chi connectivity index (χ1v) is 7.80. The standard InChI is InChI=1S/C17H14B.3ClH.Zr/c1-3-9-15(10-4-1)18(17-13-7-8-14-17)16-11-5-2-6-12-16;;;;/h1-12H,13H2;3*1H;/q;;;;+3/p-3. The van der Waals surface area contributed by atoms with Gasteiger partial charge in [-0.1, -0.05) is 0 Å². The van der Waals surface area contributed by atoms with Crippen molar-refractivity contribution in [1.82, 2.24) is 0 Å². The van der Waals surface area contributed by atoms with Gasteiger partial charge in [0.1, 0.15) is 0 Å². The first-order valence-electron chi connectivity index (χ1n) is 6.57. The number of rotatable bonds is 3. The predicted molar refractivity (Wildman–Crippen MR) is 78.7 cm³/mol. The molecule has 1 aliphatic carbocycles. The molecular formula is C17H14BCl3Zr. The number of halogens is 3. The van der Waals surface area contributed by atoms with Gasteiger partial charge in [-0.2, -0.15) is 0 Å². The van der Waals surface area contributed by atoms with Crippen LogP contribution in [0.3, 0.4) is 0 Å². The van der Waals surface area contributed by atoms with E-state index in [-0.39, 0.29) is 37.2 Å². The van der Waals surface area contributed by atoms with Crippen molar-refractivity contribution >= 4 is 17.6 Å². The normalized spacial score (nSPS) is 12.1. The number of benzene rings is 2. The molecule has 0 aliphatic heterocycles. The van der Waals surface area contributed by atoms with Gasteiger partial charge < -0.3 is 37.2 Å². The molecule has 3 rings (SSSR count). The molecule has 0 radical (unpaired) electrons. The third-order valence-electron chi connectivity index (χ3n) is 3.58. The first kappa shape index (κ1) is 21.7. The van der Waals surface area contributed by atoms with Crippen molar-refractivity contribution in [1.29, 1.82) is 0 Å². The minimum atomic E-state index is 0. The monoisotopic (exact) mass is 424 g/mol. The van der Waals surface area contributed by atoms with Gasteiger partial charge in [-0.15, -0.1) is 0 Å². The van der Waals surface area contributed by atoms with Crippen molar-refractivity contribution < 1.29 is 61.9 Å². The van der Waals surface area contributed by atoms with Crippen LogP contribution in [0.4, 0.5) is 0 Å². The summed E-state index contributed by atoms with van der Waals surface area (Å²) in [6, 6.07) is 21.7. The Kier molecular flexibility index (Phi) is 10.4. The summed E-state index contributed by atoms with van der Waals surface area (Å²) in [5, 5.41) is 0. The van der Waals surface area contributed by atoms with E-state index in [9.17, 15) is 0 Å². The van der Waals surface area contributed by atoms with Crippen LogP contribution >= 0.6 is 0 Å². The molecule has 5 heteroatoms. The van der Waals surface area contributed by atoms with E-state index in [0.717, 1.165) is 6.42 Å². The van der Waals surface area contributed by atoms with E-state index in [1.165, 1.54) is 38.9 Å². The molecule has 0 saturated carbocycles. The fraction of sp³-hybridized carbons (Fsp3) is 0.0588. The molecule has 0 spiro atoms. The molecule has 0 nitrogen and oxygen atoms in total. The van der Waals surface area contributed by atoms with Crippen LogP contribution in [0.25, 0.3) is 0 Å². The fourth-order valence-electron chi connectivity index (χ4n) is 2.68. The maximum absolute atomic E-state index is 2.29. The molecule has 0 unspecified atom stereocenters. The molecule has 1 aliphatic rings. The second-order valence-electron chi connectivity index (χ2n) is 4.80. The summed E-state index contributed by atoms with van der Waals surface area (Å²) >= 11 is 1.51. The van der Waals surface area contributed by atoms with Crippen LogP contribution in [0.1, 0.15) is 6.42 Å². The van der Waals surface area contributed by atoms with Gasteiger partial charge in [-0.3, -0.25) is 0 Å². The van der Waals surface area contributed by atoms with Gasteiger partial charge in [0.15, 0.2) is 0 Å². The predicted octanol–water partition coefficient (Wildman–Crippen LogP) is -6.39. The summed E-state index contributed by atoms with van der Waals surface area (Å²) in [6.07, 6.45) is 5.67. The molecule has 0 amide bonds. The zero-order valence-electron chi connectivity index (χ0n) is 11.8. The van der Waals surface area contributed by atoms with Gasteiger partial charge in [-0.25, -0.2) is 0 Å². The van der Waals surface area contributed by atoms with E-state index in [4.69, 9.17) is 0 Å². The summed E-state index contributed by atoms with van der Waals surface area (Å²) in [7, 11) is 0. The average molecular weight is 427 g/mol. The van der Waals surface area contributed by atoms with Crippen molar-refractivity contribution in [2.45, 2.75) is 6.42 Å². The Hall–Kier alpha value is -0.262. The van der Waals surface area contributed by atoms with E-state index >= 15 is 0 Å². The van der Waals surface area contributed by atoms with E-state index in [1.807, 2.05) is 0 Å². The maximum atomic E-state index is 2.29. The number of hydrogen-bond acceptors (Lipinski definition) is 0. The molecule has 0 bridgehead atoms. The SMILES string of the molecule is [Cl-].[Cl-].[Cl-].[Zr+3][C]1=C(B(c2ccccc2)c2ccccc2)CC=C1. The third kappa shape index (κ3) is 4.87. The molecular weight excluding hydrogens is 413 g/mol. The van der Waals surface area contributed by atoms with E-state index in [0.29, 0.717) is 6.71 Å². The topological polar surface area (TPSA) is 0 Å². The van der Waals surface area contributed by atoms with Crippen molar-refractivity contribution in [3.8, 4) is 0 Å². The minimum absolute atomic E-state index is 0. The molecule has 0 heterocycles. The van der Waals surface area contributed by atoms with Crippen LogP contribution in [0.15, 0.2) is 81.6 Å². The Morgan fingerprint density at radius 2 is 1.18 bits per heavy atom. The van der Waals surface area contributed by atoms with Crippen molar-refractivity contribution in [2.24, 2.45) is 0 Å². The fourth-order valence-corrected chi connectivity index (χ4v) is 3.58. The van der Waals surface area contributed by atoms with Gasteiger partial charge in [0.25, 0.3) is 0 Å². The molecule has 0 atom stereocenters. The Morgan fingerprint density at radius 3 is 1.55 bits per heavy atom. The van der Waals surface area contributed by atoms with Gasteiger partial charge >= 0.3 is 130 Å². The number of hydrogen-bond donors (Lipinski definition) is 0. The van der Waals surface area contributed by atoms with Crippen molar-refractivity contribution in [2.75, 3.05) is 0 Å². The van der Waals surface area contributed by atoms with Gasteiger partial charge in [-0.05, 0) is 0 Å². The van der Waals surface area contributed by atoms with Gasteiger partial charge in [0.2, 0.25) is 0 Å². The quantitative estimate of drug-likeness (QED) is 0.429. The molecule has 2 aromatic carbocycles. The Bertz CT molecular complexity index is 587. The summed E-state index contributed by atoms with van der Waals surface area (Å²) in [6.45, 7) is 0.409. The Balaban J connectivity index is 0.00000147. The molecule has 110 valence electrons. The summed E-state index contributed by atoms with van der Waals surface area (Å²) in [5.41, 5.74) is 4.36. The molecule has 0 saturated heterocycles. The summed E-state index contributed by atoms with van der Waals surface area (Å²) in [4.78, 5) is 0. The first-order chi connectivity index (χ1) is 9.36. The van der Waals surface area contributed by atoms with E-state index in [1.54, 1.807) is 5.47 Å². The number of allylic oxidation sites excluding steroid dienone is 4. The van der Waals surface area contributed by atoms with Gasteiger partial charge in [0.05, 0.1) is 0 Å². The molecule has 0 N–H and O–H groups in total. The Morgan fingerprint density at radius 1 is 0.727 bits per heavy atom. The Labute approximate surface area is 166 Å². The van der Waals surface area contributed by atoms with Crippen LogP contribution in [0, 0.1) is 0 Å². The van der Waals surface area contributed by atoms with E-state index < -0.39 is 0 Å². The van der Waals surface area contributed by atoms with Crippen LogP contribution < -0.4 is 48.1 Å². The molecule has 0 aromatic heterocycles. The third-order valence-corrected chi connectivity index (χ3v) is 4.78. The zero-order valence-corrected chi connectivity index (χ0v) is 16.6. The van der Waals surface area contributed by atoms with Crippen LogP contribution in [0.2, 0.25) is 0 Å². The average Bonchev–Trinajstić information content (AvgIpc) is 2.88. The second kappa shape index (κ2) is 10.5. The second-order valence-corrected chi connectivity index (χ2v) is 6.12. The zero-order chi connectivity index (χ0) is 13.1. The van der Waals surface area contributed by atoms with Crippen molar-refractivity contribution in [3.05, 3.63) is 81.6 Å². The molecule has 0 fully saturated rings. The molecule has 2 aromatic rings. The van der Waals surface area contributed by atoms with Crippen LogP contribution in [0.5, 0.6) is 0 Å². The summed E-state index contributed by atoms with van der Waals surface area (Å²) < 4.78 is 1.50. The van der Waals surface area contributed by atoms with Crippen molar-refractivity contribution in [3.63, 3.8) is 0 Å². The van der Waals surface area contributed by atoms with Gasteiger partial charge in [0, 0.05) is 0 Å². The van der Waals surface area contributed by atoms with E-state index in [2.05, 4.69) is 72.8 Å². The summed E-state index contributed by atoms with van der Waals surface area (Å²) in [5.74, 6) is 0.